The van der Waals surface area contributed by atoms with Crippen molar-refractivity contribution in [2.24, 2.45) is 0 Å². The zero-order valence-electron chi connectivity index (χ0n) is 18.5. The molecule has 5 rings (SSSR count). The number of hydrogen-bond acceptors (Lipinski definition) is 4. The number of benzene rings is 2. The normalized spacial score (nSPS) is 14.6. The van der Waals surface area contributed by atoms with Crippen molar-refractivity contribution in [1.82, 2.24) is 18.9 Å². The molecule has 176 valence electrons. The van der Waals surface area contributed by atoms with Gasteiger partial charge in [0.2, 0.25) is 0 Å². The van der Waals surface area contributed by atoms with Gasteiger partial charge in [-0.1, -0.05) is 24.6 Å². The Hall–Kier alpha value is -3.30. The van der Waals surface area contributed by atoms with Crippen molar-refractivity contribution in [2.45, 2.75) is 45.3 Å². The number of fused-ring (bicyclic) bond motifs is 1. The first-order valence-electron chi connectivity index (χ1n) is 10.8. The van der Waals surface area contributed by atoms with Gasteiger partial charge < -0.3 is 5.11 Å². The summed E-state index contributed by atoms with van der Waals surface area (Å²) in [5.41, 5.74) is -1.06. The Kier molecular flexibility index (Phi) is 5.22. The lowest BCUT2D eigenvalue weighted by Gasteiger charge is -2.18. The van der Waals surface area contributed by atoms with Crippen LogP contribution < -0.4 is 11.2 Å². The van der Waals surface area contributed by atoms with Gasteiger partial charge in [-0.25, -0.2) is 13.6 Å². The summed E-state index contributed by atoms with van der Waals surface area (Å²) in [4.78, 5) is 26.2. The van der Waals surface area contributed by atoms with Gasteiger partial charge in [-0.3, -0.25) is 13.9 Å². The lowest BCUT2D eigenvalue weighted by molar-refractivity contribution is 0.264. The van der Waals surface area contributed by atoms with Gasteiger partial charge in [-0.15, -0.1) is 5.10 Å². The van der Waals surface area contributed by atoms with E-state index in [0.717, 1.165) is 28.2 Å². The molecule has 0 unspecified atom stereocenters. The number of aliphatic hydroxyl groups is 1. The largest absolute Gasteiger partial charge is 0.388 e. The smallest absolute Gasteiger partial charge is 0.350 e. The summed E-state index contributed by atoms with van der Waals surface area (Å²) in [6.07, 6.45) is 3.21. The molecule has 2 heterocycles. The number of aromatic nitrogens is 4. The molecule has 0 amide bonds. The van der Waals surface area contributed by atoms with Crippen LogP contribution in [-0.2, 0) is 18.6 Å². The van der Waals surface area contributed by atoms with E-state index in [1.54, 1.807) is 13.1 Å². The standard InChI is InChI=1S/C24H21ClF2N4O3/c1-3-29-20(12-32)28-31(23(29)34)19-10-13-14(9-18(19)27)22(33)30(11-15(13)24(2)7-8-24)21-16(25)5-4-6-17(21)26/h4-6,9-11,32H,3,7-8,12H2,1-2H3. The van der Waals surface area contributed by atoms with Crippen LogP contribution in [-0.4, -0.2) is 24.0 Å². The Balaban J connectivity index is 1.85. The summed E-state index contributed by atoms with van der Waals surface area (Å²) in [6.45, 7) is 3.49. The first-order chi connectivity index (χ1) is 16.2. The highest BCUT2D eigenvalue weighted by molar-refractivity contribution is 6.32. The van der Waals surface area contributed by atoms with Crippen LogP contribution in [0.25, 0.3) is 22.1 Å². The van der Waals surface area contributed by atoms with Crippen LogP contribution in [0.2, 0.25) is 5.02 Å². The van der Waals surface area contributed by atoms with Crippen LogP contribution >= 0.6 is 11.6 Å². The van der Waals surface area contributed by atoms with Crippen molar-refractivity contribution in [3.8, 4) is 11.4 Å². The summed E-state index contributed by atoms with van der Waals surface area (Å²) in [6, 6.07) is 6.59. The number of hydrogen-bond donors (Lipinski definition) is 1. The Morgan fingerprint density at radius 1 is 1.15 bits per heavy atom. The van der Waals surface area contributed by atoms with E-state index in [4.69, 9.17) is 11.6 Å². The molecule has 10 heteroatoms. The van der Waals surface area contributed by atoms with E-state index in [9.17, 15) is 19.1 Å². The average Bonchev–Trinajstić information content (AvgIpc) is 3.47. The lowest BCUT2D eigenvalue weighted by Crippen LogP contribution is -2.25. The highest BCUT2D eigenvalue weighted by Gasteiger charge is 2.41. The Labute approximate surface area is 197 Å². The Bertz CT molecular complexity index is 1560. The summed E-state index contributed by atoms with van der Waals surface area (Å²) >= 11 is 6.23. The predicted molar refractivity (Wildman–Crippen MR) is 124 cm³/mol. The lowest BCUT2D eigenvalue weighted by atomic mass is 9.94. The number of aliphatic hydroxyl groups excluding tert-OH is 1. The van der Waals surface area contributed by atoms with Crippen molar-refractivity contribution in [2.75, 3.05) is 0 Å². The third kappa shape index (κ3) is 3.30. The van der Waals surface area contributed by atoms with E-state index in [0.29, 0.717) is 10.9 Å². The molecular weight excluding hydrogens is 466 g/mol. The van der Waals surface area contributed by atoms with E-state index in [1.807, 2.05) is 6.92 Å². The zero-order chi connectivity index (χ0) is 24.4. The van der Waals surface area contributed by atoms with Crippen molar-refractivity contribution < 1.29 is 13.9 Å². The van der Waals surface area contributed by atoms with Crippen LogP contribution in [0.15, 0.2) is 46.1 Å². The second-order valence-electron chi connectivity index (χ2n) is 8.71. The fraction of sp³-hybridized carbons (Fsp3) is 0.292. The third-order valence-electron chi connectivity index (χ3n) is 6.54. The summed E-state index contributed by atoms with van der Waals surface area (Å²) in [7, 11) is 0. The minimum absolute atomic E-state index is 0.0385. The van der Waals surface area contributed by atoms with E-state index in [2.05, 4.69) is 5.10 Å². The molecule has 0 spiro atoms. The quantitative estimate of drug-likeness (QED) is 0.465. The van der Waals surface area contributed by atoms with Crippen molar-refractivity contribution in [3.63, 3.8) is 0 Å². The van der Waals surface area contributed by atoms with E-state index >= 15 is 4.39 Å². The van der Waals surface area contributed by atoms with Crippen LogP contribution in [0.4, 0.5) is 8.78 Å². The topological polar surface area (TPSA) is 82.0 Å². The molecule has 1 aliphatic rings. The summed E-state index contributed by atoms with van der Waals surface area (Å²) in [5.74, 6) is -1.42. The maximum atomic E-state index is 15.3. The van der Waals surface area contributed by atoms with Crippen LogP contribution in [0.5, 0.6) is 0 Å². The van der Waals surface area contributed by atoms with Crippen LogP contribution in [0, 0.1) is 11.6 Å². The van der Waals surface area contributed by atoms with Crippen LogP contribution in [0.1, 0.15) is 38.1 Å². The summed E-state index contributed by atoms with van der Waals surface area (Å²) in [5, 5.41) is 14.2. The molecule has 34 heavy (non-hydrogen) atoms. The second-order valence-corrected chi connectivity index (χ2v) is 9.12. The Morgan fingerprint density at radius 2 is 1.88 bits per heavy atom. The van der Waals surface area contributed by atoms with E-state index in [1.165, 1.54) is 28.8 Å². The SMILES string of the molecule is CCn1c(CO)nn(-c2cc3c(C4(C)CC4)cn(-c4c(F)cccc4Cl)c(=O)c3cc2F)c1=O. The maximum absolute atomic E-state index is 15.3. The first-order valence-corrected chi connectivity index (χ1v) is 11.2. The van der Waals surface area contributed by atoms with Gasteiger partial charge in [-0.2, -0.15) is 4.68 Å². The van der Waals surface area contributed by atoms with E-state index in [-0.39, 0.29) is 39.6 Å². The van der Waals surface area contributed by atoms with Crippen molar-refractivity contribution in [3.05, 3.63) is 85.4 Å². The molecule has 0 aliphatic heterocycles. The van der Waals surface area contributed by atoms with Crippen molar-refractivity contribution >= 4 is 22.4 Å². The highest BCUT2D eigenvalue weighted by Crippen LogP contribution is 2.50. The fourth-order valence-electron chi connectivity index (χ4n) is 4.36. The van der Waals surface area contributed by atoms with Gasteiger partial charge in [0.05, 0.1) is 10.4 Å². The third-order valence-corrected chi connectivity index (χ3v) is 6.84. The molecular formula is C24H21ClF2N4O3. The molecule has 0 atom stereocenters. The number of halogens is 3. The molecule has 7 nitrogen and oxygen atoms in total. The Morgan fingerprint density at radius 3 is 2.47 bits per heavy atom. The molecule has 2 aromatic carbocycles. The van der Waals surface area contributed by atoms with Gasteiger partial charge in [-0.05, 0) is 60.4 Å². The van der Waals surface area contributed by atoms with Gasteiger partial charge in [0.1, 0.15) is 29.6 Å². The van der Waals surface area contributed by atoms with Gasteiger partial charge in [0, 0.05) is 12.7 Å². The molecule has 2 aromatic heterocycles. The molecule has 0 bridgehead atoms. The minimum atomic E-state index is -0.846. The molecule has 0 radical (unpaired) electrons. The molecule has 1 saturated carbocycles. The molecule has 1 aliphatic carbocycles. The number of nitrogens with zero attached hydrogens (tertiary/aromatic N) is 4. The summed E-state index contributed by atoms with van der Waals surface area (Å²) < 4.78 is 33.3. The van der Waals surface area contributed by atoms with Gasteiger partial charge in [0.15, 0.2) is 5.82 Å². The van der Waals surface area contributed by atoms with Gasteiger partial charge >= 0.3 is 5.69 Å². The molecule has 1 N–H and O–H groups in total. The zero-order valence-corrected chi connectivity index (χ0v) is 19.2. The fourth-order valence-corrected chi connectivity index (χ4v) is 4.62. The monoisotopic (exact) mass is 486 g/mol. The molecule has 0 saturated heterocycles. The minimum Gasteiger partial charge on any atom is -0.388 e. The van der Waals surface area contributed by atoms with Gasteiger partial charge in [0.25, 0.3) is 5.56 Å². The predicted octanol–water partition coefficient (Wildman–Crippen LogP) is 3.83. The number of pyridine rings is 1. The van der Waals surface area contributed by atoms with Crippen LogP contribution in [0.3, 0.4) is 0 Å². The van der Waals surface area contributed by atoms with E-state index < -0.39 is 29.5 Å². The second kappa shape index (κ2) is 7.89. The molecule has 1 fully saturated rings. The maximum Gasteiger partial charge on any atom is 0.350 e. The number of rotatable bonds is 5. The molecule has 4 aromatic rings. The van der Waals surface area contributed by atoms with Crippen molar-refractivity contribution in [1.29, 1.82) is 0 Å². The first kappa shape index (κ1) is 22.5. The number of para-hydroxylation sites is 1. The average molecular weight is 487 g/mol. The highest BCUT2D eigenvalue weighted by atomic mass is 35.5.